The minimum atomic E-state index is -5.78. The summed E-state index contributed by atoms with van der Waals surface area (Å²) in [6.07, 6.45) is 2.17. The summed E-state index contributed by atoms with van der Waals surface area (Å²) in [7, 11) is -5.78. The van der Waals surface area contributed by atoms with Gasteiger partial charge in [-0.3, -0.25) is 0 Å². The van der Waals surface area contributed by atoms with Crippen LogP contribution in [0.3, 0.4) is 0 Å². The lowest BCUT2D eigenvalue weighted by Gasteiger charge is -2.32. The van der Waals surface area contributed by atoms with Gasteiger partial charge in [0.15, 0.2) is 0 Å². The molecule has 0 saturated carbocycles. The molecule has 1 aliphatic rings. The van der Waals surface area contributed by atoms with Crippen molar-refractivity contribution in [1.29, 1.82) is 0 Å². The maximum Gasteiger partial charge on any atom is 0.534 e. The zero-order valence-electron chi connectivity index (χ0n) is 23.6. The standard InChI is InChI=1S/C35H29F3O4S/c1-3-41-28-17-13-26(14-18-28)34(2,27-15-19-29(20-16-27)42-43(39,40)35(36,37)38)25-11-8-23(9-12-25)33-22-24-10-21-30(24)31-6-4-5-7-32(31)33/h4-9,11-20,22H,3,10,21H2,1-2H3. The van der Waals surface area contributed by atoms with Crippen molar-refractivity contribution in [3.63, 3.8) is 0 Å². The van der Waals surface area contributed by atoms with E-state index in [-0.39, 0.29) is 0 Å². The lowest BCUT2D eigenvalue weighted by molar-refractivity contribution is -0.0500. The molecule has 0 aromatic heterocycles. The van der Waals surface area contributed by atoms with Crippen LogP contribution in [0.5, 0.6) is 11.5 Å². The van der Waals surface area contributed by atoms with E-state index in [4.69, 9.17) is 4.74 Å². The van der Waals surface area contributed by atoms with Gasteiger partial charge in [0.05, 0.1) is 6.61 Å². The number of benzene rings is 5. The largest absolute Gasteiger partial charge is 0.534 e. The summed E-state index contributed by atoms with van der Waals surface area (Å²) >= 11 is 0. The topological polar surface area (TPSA) is 52.6 Å². The molecule has 0 fully saturated rings. The maximum atomic E-state index is 12.9. The first-order chi connectivity index (χ1) is 20.5. The molecule has 0 bridgehead atoms. The highest BCUT2D eigenvalue weighted by atomic mass is 32.2. The van der Waals surface area contributed by atoms with E-state index in [2.05, 4.69) is 58.8 Å². The number of rotatable bonds is 8. The van der Waals surface area contributed by atoms with Crippen LogP contribution in [0.15, 0.2) is 103 Å². The van der Waals surface area contributed by atoms with Gasteiger partial charge in [-0.15, -0.1) is 0 Å². The van der Waals surface area contributed by atoms with Crippen molar-refractivity contribution >= 4 is 20.9 Å². The van der Waals surface area contributed by atoms with Crippen molar-refractivity contribution in [3.05, 3.63) is 131 Å². The fourth-order valence-electron chi connectivity index (χ4n) is 5.89. The molecule has 0 spiro atoms. The molecule has 5 aromatic rings. The van der Waals surface area contributed by atoms with E-state index < -0.39 is 26.8 Å². The highest BCUT2D eigenvalue weighted by Gasteiger charge is 2.48. The van der Waals surface area contributed by atoms with Gasteiger partial charge in [-0.25, -0.2) is 0 Å². The first-order valence-electron chi connectivity index (χ1n) is 14.0. The molecule has 6 rings (SSSR count). The number of alkyl halides is 3. The Hall–Kier alpha value is -4.30. The first kappa shape index (κ1) is 28.8. The Bertz CT molecular complexity index is 1900. The summed E-state index contributed by atoms with van der Waals surface area (Å²) in [4.78, 5) is 0. The molecule has 220 valence electrons. The van der Waals surface area contributed by atoms with Gasteiger partial charge in [-0.05, 0) is 101 Å². The Kier molecular flexibility index (Phi) is 7.21. The van der Waals surface area contributed by atoms with Crippen molar-refractivity contribution in [3.8, 4) is 22.6 Å². The van der Waals surface area contributed by atoms with Crippen molar-refractivity contribution < 1.29 is 30.5 Å². The first-order valence-corrected chi connectivity index (χ1v) is 15.4. The van der Waals surface area contributed by atoms with Gasteiger partial charge in [0.2, 0.25) is 0 Å². The minimum Gasteiger partial charge on any atom is -0.494 e. The number of ether oxygens (including phenoxy) is 1. The second-order valence-corrected chi connectivity index (χ2v) is 12.3. The normalized spacial score (nSPS) is 14.4. The summed E-state index contributed by atoms with van der Waals surface area (Å²) in [6, 6.07) is 32.4. The molecule has 0 heterocycles. The average Bonchev–Trinajstić information content (AvgIpc) is 2.97. The lowest BCUT2D eigenvalue weighted by atomic mass is 9.71. The number of hydrogen-bond acceptors (Lipinski definition) is 4. The number of halogens is 3. The van der Waals surface area contributed by atoms with E-state index in [1.165, 1.54) is 39.6 Å². The van der Waals surface area contributed by atoms with Crippen LogP contribution in [0.25, 0.3) is 21.9 Å². The molecule has 1 aliphatic carbocycles. The van der Waals surface area contributed by atoms with Crippen molar-refractivity contribution in [1.82, 2.24) is 0 Å². The third kappa shape index (κ3) is 5.14. The second-order valence-electron chi connectivity index (χ2n) is 10.8. The molecule has 0 N–H and O–H groups in total. The Morgan fingerprint density at radius 2 is 1.26 bits per heavy atom. The van der Waals surface area contributed by atoms with Gasteiger partial charge < -0.3 is 8.92 Å². The molecule has 43 heavy (non-hydrogen) atoms. The van der Waals surface area contributed by atoms with Crippen molar-refractivity contribution in [2.45, 2.75) is 37.6 Å². The number of hydrogen-bond donors (Lipinski definition) is 0. The van der Waals surface area contributed by atoms with Crippen LogP contribution in [0, 0.1) is 0 Å². The third-order valence-corrected chi connectivity index (χ3v) is 9.31. The van der Waals surface area contributed by atoms with Crippen LogP contribution in [0.1, 0.15) is 41.7 Å². The molecule has 1 atom stereocenters. The van der Waals surface area contributed by atoms with E-state index >= 15 is 0 Å². The zero-order chi connectivity index (χ0) is 30.4. The Morgan fingerprint density at radius 1 is 0.721 bits per heavy atom. The van der Waals surface area contributed by atoms with Crippen molar-refractivity contribution in [2.75, 3.05) is 6.61 Å². The Balaban J connectivity index is 1.42. The summed E-state index contributed by atoms with van der Waals surface area (Å²) in [5.41, 5.74) is 1.43. The van der Waals surface area contributed by atoms with Crippen LogP contribution in [-0.4, -0.2) is 20.5 Å². The minimum absolute atomic E-state index is 0.418. The predicted molar refractivity (Wildman–Crippen MR) is 162 cm³/mol. The maximum absolute atomic E-state index is 12.9. The summed E-state index contributed by atoms with van der Waals surface area (Å²) in [5, 5.41) is 2.51. The molecule has 0 saturated heterocycles. The molecular formula is C35H29F3O4S. The van der Waals surface area contributed by atoms with E-state index in [1.807, 2.05) is 38.1 Å². The van der Waals surface area contributed by atoms with Gasteiger partial charge in [-0.2, -0.15) is 21.6 Å². The van der Waals surface area contributed by atoms with Crippen LogP contribution in [-0.2, 0) is 28.4 Å². The molecular weight excluding hydrogens is 573 g/mol. The summed E-state index contributed by atoms with van der Waals surface area (Å²) in [5.74, 6) is 0.302. The van der Waals surface area contributed by atoms with Crippen molar-refractivity contribution in [2.24, 2.45) is 0 Å². The van der Waals surface area contributed by atoms with E-state index in [9.17, 15) is 21.6 Å². The van der Waals surface area contributed by atoms with E-state index in [0.29, 0.717) is 6.61 Å². The molecule has 0 aliphatic heterocycles. The van der Waals surface area contributed by atoms with Crippen LogP contribution in [0.4, 0.5) is 13.2 Å². The Labute approximate surface area is 248 Å². The molecule has 1 unspecified atom stereocenters. The van der Waals surface area contributed by atoms with E-state index in [0.717, 1.165) is 40.8 Å². The fourth-order valence-corrected chi connectivity index (χ4v) is 6.34. The van der Waals surface area contributed by atoms with Gasteiger partial charge in [0.1, 0.15) is 11.5 Å². The molecule has 4 nitrogen and oxygen atoms in total. The monoisotopic (exact) mass is 602 g/mol. The molecule has 5 aromatic carbocycles. The lowest BCUT2D eigenvalue weighted by Crippen LogP contribution is -2.28. The van der Waals surface area contributed by atoms with Crippen LogP contribution < -0.4 is 8.92 Å². The predicted octanol–water partition coefficient (Wildman–Crippen LogP) is 8.59. The number of aryl methyl sites for hydroxylation is 2. The fraction of sp³-hybridized carbons (Fsp3) is 0.200. The Morgan fingerprint density at radius 3 is 1.77 bits per heavy atom. The van der Waals surface area contributed by atoms with Crippen LogP contribution >= 0.6 is 0 Å². The highest BCUT2D eigenvalue weighted by Crippen LogP contribution is 2.43. The molecule has 0 radical (unpaired) electrons. The average molecular weight is 603 g/mol. The molecule has 8 heteroatoms. The quantitative estimate of drug-likeness (QED) is 0.101. The highest BCUT2D eigenvalue weighted by molar-refractivity contribution is 7.88. The van der Waals surface area contributed by atoms with Gasteiger partial charge >= 0.3 is 15.6 Å². The molecule has 0 amide bonds. The van der Waals surface area contributed by atoms with Gasteiger partial charge in [0.25, 0.3) is 0 Å². The third-order valence-electron chi connectivity index (χ3n) is 8.33. The van der Waals surface area contributed by atoms with Crippen LogP contribution in [0.2, 0.25) is 0 Å². The summed E-state index contributed by atoms with van der Waals surface area (Å²) < 4.78 is 71.7. The smallest absolute Gasteiger partial charge is 0.494 e. The zero-order valence-corrected chi connectivity index (χ0v) is 24.4. The second kappa shape index (κ2) is 10.8. The summed E-state index contributed by atoms with van der Waals surface area (Å²) in [6.45, 7) is 4.46. The van der Waals surface area contributed by atoms with E-state index in [1.54, 1.807) is 12.1 Å². The number of fused-ring (bicyclic) bond motifs is 3. The van der Waals surface area contributed by atoms with Gasteiger partial charge in [-0.1, -0.05) is 78.9 Å². The SMILES string of the molecule is CCOc1ccc(C(C)(c2ccc(OS(=O)(=O)C(F)(F)F)cc2)c2ccc(-c3cc4c(c5ccccc35)CC4)cc2)cc1. The van der Waals surface area contributed by atoms with Gasteiger partial charge in [0, 0.05) is 5.41 Å².